The standard InChI is InChI=1S/C15H21NO3/c1-10(2)14-7-6-13(11(3)17)15(18)16(14)9-12-5-4-8-19-12/h6-7,10,12H,4-5,8-9H2,1-3H3. The highest BCUT2D eigenvalue weighted by Gasteiger charge is 2.20. The van der Waals surface area contributed by atoms with E-state index in [0.717, 1.165) is 25.1 Å². The van der Waals surface area contributed by atoms with Crippen molar-refractivity contribution < 1.29 is 9.53 Å². The molecule has 1 aromatic rings. The zero-order valence-corrected chi connectivity index (χ0v) is 11.8. The number of pyridine rings is 1. The highest BCUT2D eigenvalue weighted by atomic mass is 16.5. The summed E-state index contributed by atoms with van der Waals surface area (Å²) < 4.78 is 7.32. The number of rotatable bonds is 4. The van der Waals surface area contributed by atoms with Crippen LogP contribution in [0.1, 0.15) is 55.6 Å². The molecule has 0 radical (unpaired) electrons. The molecule has 2 rings (SSSR count). The number of ketones is 1. The zero-order chi connectivity index (χ0) is 14.0. The number of carbonyl (C=O) groups excluding carboxylic acids is 1. The van der Waals surface area contributed by atoms with Gasteiger partial charge in [0.1, 0.15) is 0 Å². The van der Waals surface area contributed by atoms with Crippen molar-refractivity contribution in [2.75, 3.05) is 6.61 Å². The second-order valence-corrected chi connectivity index (χ2v) is 5.43. The zero-order valence-electron chi connectivity index (χ0n) is 11.8. The second kappa shape index (κ2) is 5.70. The van der Waals surface area contributed by atoms with E-state index in [2.05, 4.69) is 0 Å². The quantitative estimate of drug-likeness (QED) is 0.783. The van der Waals surface area contributed by atoms with Crippen LogP contribution in [-0.4, -0.2) is 23.1 Å². The summed E-state index contributed by atoms with van der Waals surface area (Å²) in [6.45, 7) is 6.85. The maximum absolute atomic E-state index is 12.4. The summed E-state index contributed by atoms with van der Waals surface area (Å²) >= 11 is 0. The predicted molar refractivity (Wildman–Crippen MR) is 73.8 cm³/mol. The van der Waals surface area contributed by atoms with Gasteiger partial charge >= 0.3 is 0 Å². The molecule has 0 amide bonds. The number of nitrogens with zero attached hydrogens (tertiary/aromatic N) is 1. The van der Waals surface area contributed by atoms with Crippen molar-refractivity contribution in [3.63, 3.8) is 0 Å². The summed E-state index contributed by atoms with van der Waals surface area (Å²) in [6.07, 6.45) is 2.12. The average molecular weight is 263 g/mol. The molecule has 1 aliphatic heterocycles. The monoisotopic (exact) mass is 263 g/mol. The second-order valence-electron chi connectivity index (χ2n) is 5.43. The van der Waals surface area contributed by atoms with Gasteiger partial charge in [-0.05, 0) is 37.8 Å². The molecule has 0 bridgehead atoms. The van der Waals surface area contributed by atoms with Crippen LogP contribution in [0.2, 0.25) is 0 Å². The van der Waals surface area contributed by atoms with E-state index in [4.69, 9.17) is 4.74 Å². The van der Waals surface area contributed by atoms with E-state index >= 15 is 0 Å². The molecule has 1 aliphatic rings. The largest absolute Gasteiger partial charge is 0.376 e. The van der Waals surface area contributed by atoms with Crippen LogP contribution >= 0.6 is 0 Å². The van der Waals surface area contributed by atoms with Crippen LogP contribution in [0, 0.1) is 0 Å². The van der Waals surface area contributed by atoms with E-state index < -0.39 is 0 Å². The van der Waals surface area contributed by atoms with Crippen LogP contribution in [0.4, 0.5) is 0 Å². The SMILES string of the molecule is CC(=O)c1ccc(C(C)C)n(CC2CCCO2)c1=O. The summed E-state index contributed by atoms with van der Waals surface area (Å²) in [6, 6.07) is 3.53. The van der Waals surface area contributed by atoms with Crippen molar-refractivity contribution in [1.82, 2.24) is 4.57 Å². The van der Waals surface area contributed by atoms with Gasteiger partial charge in [-0.3, -0.25) is 9.59 Å². The molecule has 0 N–H and O–H groups in total. The van der Waals surface area contributed by atoms with Crippen LogP contribution in [0.15, 0.2) is 16.9 Å². The number of Topliss-reactive ketones (excluding diaryl/α,β-unsaturated/α-hetero) is 1. The fraction of sp³-hybridized carbons (Fsp3) is 0.600. The Kier molecular flexibility index (Phi) is 4.20. The third kappa shape index (κ3) is 2.95. The van der Waals surface area contributed by atoms with Crippen molar-refractivity contribution in [2.24, 2.45) is 0 Å². The van der Waals surface area contributed by atoms with Gasteiger partial charge in [-0.15, -0.1) is 0 Å². The molecule has 104 valence electrons. The van der Waals surface area contributed by atoms with Crippen molar-refractivity contribution in [3.05, 3.63) is 33.7 Å². The fourth-order valence-corrected chi connectivity index (χ4v) is 2.54. The van der Waals surface area contributed by atoms with E-state index in [9.17, 15) is 9.59 Å². The Labute approximate surface area is 113 Å². The van der Waals surface area contributed by atoms with Gasteiger partial charge in [0.05, 0.1) is 18.2 Å². The van der Waals surface area contributed by atoms with Gasteiger partial charge in [0.15, 0.2) is 5.78 Å². The van der Waals surface area contributed by atoms with Gasteiger partial charge in [0.2, 0.25) is 0 Å². The minimum Gasteiger partial charge on any atom is -0.376 e. The molecule has 0 saturated carbocycles. The normalized spacial score (nSPS) is 19.1. The summed E-state index contributed by atoms with van der Waals surface area (Å²) in [5.74, 6) is 0.0662. The molecule has 2 heterocycles. The van der Waals surface area contributed by atoms with Crippen LogP contribution in [-0.2, 0) is 11.3 Å². The third-order valence-electron chi connectivity index (χ3n) is 3.59. The number of ether oxygens (including phenoxy) is 1. The minimum atomic E-state index is -0.186. The lowest BCUT2D eigenvalue weighted by Crippen LogP contribution is -2.32. The van der Waals surface area contributed by atoms with Gasteiger partial charge in [-0.25, -0.2) is 0 Å². The summed E-state index contributed by atoms with van der Waals surface area (Å²) in [5, 5.41) is 0. The maximum Gasteiger partial charge on any atom is 0.261 e. The molecule has 0 aromatic carbocycles. The highest BCUT2D eigenvalue weighted by Crippen LogP contribution is 2.18. The number of hydrogen-bond donors (Lipinski definition) is 0. The molecular formula is C15H21NO3. The first-order valence-corrected chi connectivity index (χ1v) is 6.87. The molecule has 1 unspecified atom stereocenters. The smallest absolute Gasteiger partial charge is 0.261 e. The Morgan fingerprint density at radius 1 is 1.47 bits per heavy atom. The van der Waals surface area contributed by atoms with E-state index in [1.165, 1.54) is 6.92 Å². The molecule has 0 aliphatic carbocycles. The number of hydrogen-bond acceptors (Lipinski definition) is 3. The topological polar surface area (TPSA) is 48.3 Å². The van der Waals surface area contributed by atoms with Crippen molar-refractivity contribution in [3.8, 4) is 0 Å². The first-order valence-electron chi connectivity index (χ1n) is 6.87. The molecule has 4 heteroatoms. The highest BCUT2D eigenvalue weighted by molar-refractivity contribution is 5.93. The average Bonchev–Trinajstić information content (AvgIpc) is 2.83. The third-order valence-corrected chi connectivity index (χ3v) is 3.59. The Hall–Kier alpha value is -1.42. The summed E-state index contributed by atoms with van der Waals surface area (Å²) in [4.78, 5) is 23.9. The molecule has 1 aromatic heterocycles. The van der Waals surface area contributed by atoms with E-state index in [-0.39, 0.29) is 28.9 Å². The van der Waals surface area contributed by atoms with E-state index in [1.807, 2.05) is 19.9 Å². The first kappa shape index (κ1) is 14.0. The predicted octanol–water partition coefficient (Wildman–Crippen LogP) is 2.35. The van der Waals surface area contributed by atoms with Crippen molar-refractivity contribution in [2.45, 2.75) is 52.2 Å². The first-order chi connectivity index (χ1) is 9.00. The maximum atomic E-state index is 12.4. The van der Waals surface area contributed by atoms with Crippen LogP contribution in [0.25, 0.3) is 0 Å². The molecular weight excluding hydrogens is 242 g/mol. The molecule has 4 nitrogen and oxygen atoms in total. The van der Waals surface area contributed by atoms with Gasteiger partial charge in [0, 0.05) is 12.3 Å². The lowest BCUT2D eigenvalue weighted by Gasteiger charge is -2.19. The van der Waals surface area contributed by atoms with Crippen molar-refractivity contribution in [1.29, 1.82) is 0 Å². The van der Waals surface area contributed by atoms with Gasteiger partial charge in [-0.2, -0.15) is 0 Å². The summed E-state index contributed by atoms with van der Waals surface area (Å²) in [5.41, 5.74) is 1.04. The van der Waals surface area contributed by atoms with Crippen molar-refractivity contribution >= 4 is 5.78 Å². The lowest BCUT2D eigenvalue weighted by molar-refractivity contribution is 0.0943. The minimum absolute atomic E-state index is 0.0948. The van der Waals surface area contributed by atoms with Crippen LogP contribution < -0.4 is 5.56 Å². The molecule has 1 fully saturated rings. The molecule has 1 atom stereocenters. The van der Waals surface area contributed by atoms with Gasteiger partial charge < -0.3 is 9.30 Å². The molecule has 1 saturated heterocycles. The van der Waals surface area contributed by atoms with E-state index in [0.29, 0.717) is 6.54 Å². The Bertz CT molecular complexity index is 525. The molecule has 0 spiro atoms. The Morgan fingerprint density at radius 3 is 2.74 bits per heavy atom. The van der Waals surface area contributed by atoms with Gasteiger partial charge in [-0.1, -0.05) is 13.8 Å². The molecule has 19 heavy (non-hydrogen) atoms. The fourth-order valence-electron chi connectivity index (χ4n) is 2.54. The lowest BCUT2D eigenvalue weighted by atomic mass is 10.1. The van der Waals surface area contributed by atoms with Gasteiger partial charge in [0.25, 0.3) is 5.56 Å². The Balaban J connectivity index is 2.43. The van der Waals surface area contributed by atoms with Crippen LogP contribution in [0.3, 0.4) is 0 Å². The summed E-state index contributed by atoms with van der Waals surface area (Å²) in [7, 11) is 0. The number of carbonyl (C=O) groups is 1. The Morgan fingerprint density at radius 2 is 2.21 bits per heavy atom. The van der Waals surface area contributed by atoms with E-state index in [1.54, 1.807) is 10.6 Å². The number of aromatic nitrogens is 1. The van der Waals surface area contributed by atoms with Crippen LogP contribution in [0.5, 0.6) is 0 Å².